The van der Waals surface area contributed by atoms with Gasteiger partial charge in [0.25, 0.3) is 0 Å². The topological polar surface area (TPSA) is 46.6 Å². The van der Waals surface area contributed by atoms with Gasteiger partial charge in [-0.1, -0.05) is 24.3 Å². The summed E-state index contributed by atoms with van der Waals surface area (Å²) in [7, 11) is 1.76. The molecule has 0 radical (unpaired) electrons. The minimum Gasteiger partial charge on any atom is -0.376 e. The van der Waals surface area contributed by atoms with Gasteiger partial charge in [0.2, 0.25) is 0 Å². The van der Waals surface area contributed by atoms with E-state index in [2.05, 4.69) is 54.4 Å². The predicted molar refractivity (Wildman–Crippen MR) is 151 cm³/mol. The van der Waals surface area contributed by atoms with Gasteiger partial charge in [-0.05, 0) is 101 Å². The van der Waals surface area contributed by atoms with Crippen LogP contribution in [0.4, 0.5) is 10.2 Å². The number of alkyl halides is 1. The van der Waals surface area contributed by atoms with Crippen LogP contribution in [0.15, 0.2) is 30.3 Å². The van der Waals surface area contributed by atoms with Crippen LogP contribution >= 0.6 is 0 Å². The van der Waals surface area contributed by atoms with Gasteiger partial charge in [0.05, 0.1) is 18.3 Å². The molecule has 2 aromatic rings. The van der Waals surface area contributed by atoms with E-state index in [1.807, 2.05) is 6.92 Å². The normalized spacial score (nSPS) is 23.4. The molecule has 0 aliphatic carbocycles. The van der Waals surface area contributed by atoms with Crippen molar-refractivity contribution in [3.05, 3.63) is 58.3 Å². The number of pyridine rings is 1. The minimum atomic E-state index is -1.13. The number of likely N-dealkylation sites (tertiary alicyclic amines) is 1. The maximum Gasteiger partial charge on any atom is 0.129 e. The number of anilines is 1. The van der Waals surface area contributed by atoms with E-state index in [9.17, 15) is 0 Å². The zero-order valence-electron chi connectivity index (χ0n) is 23.8. The first-order valence-electron chi connectivity index (χ1n) is 14.7. The molecule has 3 aliphatic heterocycles. The van der Waals surface area contributed by atoms with Gasteiger partial charge >= 0.3 is 0 Å². The Bertz CT molecular complexity index is 1100. The van der Waals surface area contributed by atoms with E-state index < -0.39 is 5.67 Å². The monoisotopic (exact) mass is 523 g/mol. The molecule has 5 nitrogen and oxygen atoms in total. The fraction of sp³-hybridized carbons (Fsp3) is 0.656. The van der Waals surface area contributed by atoms with Crippen LogP contribution in [0.5, 0.6) is 0 Å². The number of nitrogens with zero attached hydrogens (tertiary/aromatic N) is 2. The van der Waals surface area contributed by atoms with E-state index in [1.54, 1.807) is 7.11 Å². The third kappa shape index (κ3) is 6.24. The van der Waals surface area contributed by atoms with Crippen molar-refractivity contribution in [2.24, 2.45) is 5.92 Å². The summed E-state index contributed by atoms with van der Waals surface area (Å²) in [6, 6.07) is 10.9. The first-order valence-corrected chi connectivity index (χ1v) is 14.7. The lowest BCUT2D eigenvalue weighted by atomic mass is 9.85. The highest BCUT2D eigenvalue weighted by atomic mass is 19.1. The first kappa shape index (κ1) is 27.5. The molecule has 5 rings (SSSR count). The Hall–Kier alpha value is -2.02. The highest BCUT2D eigenvalue weighted by Gasteiger charge is 2.39. The number of fused-ring (bicyclic) bond motifs is 2. The Balaban J connectivity index is 1.12. The molecule has 0 unspecified atom stereocenters. The number of hydrogen-bond donors (Lipinski definition) is 1. The number of halogens is 1. The molecule has 0 bridgehead atoms. The molecule has 6 heteroatoms. The van der Waals surface area contributed by atoms with Crippen LogP contribution in [0.2, 0.25) is 0 Å². The van der Waals surface area contributed by atoms with Gasteiger partial charge in [-0.3, -0.25) is 4.90 Å². The number of rotatable bonds is 10. The van der Waals surface area contributed by atoms with E-state index in [0.717, 1.165) is 76.2 Å². The van der Waals surface area contributed by atoms with Crippen molar-refractivity contribution < 1.29 is 13.9 Å². The van der Waals surface area contributed by atoms with Gasteiger partial charge in [0.1, 0.15) is 11.5 Å². The zero-order valence-corrected chi connectivity index (χ0v) is 23.8. The molecule has 1 fully saturated rings. The average Bonchev–Trinajstić information content (AvgIpc) is 3.40. The van der Waals surface area contributed by atoms with E-state index in [0.29, 0.717) is 13.0 Å². The lowest BCUT2D eigenvalue weighted by Gasteiger charge is -2.37. The number of ether oxygens (including phenoxy) is 2. The van der Waals surface area contributed by atoms with E-state index in [4.69, 9.17) is 14.5 Å². The Labute approximate surface area is 228 Å². The van der Waals surface area contributed by atoms with Crippen molar-refractivity contribution in [2.75, 3.05) is 32.1 Å². The molecule has 1 aromatic carbocycles. The fourth-order valence-corrected chi connectivity index (χ4v) is 6.44. The Morgan fingerprint density at radius 3 is 2.87 bits per heavy atom. The highest BCUT2D eigenvalue weighted by molar-refractivity contribution is 5.47. The molecule has 38 heavy (non-hydrogen) atoms. The molecule has 3 atom stereocenters. The average molecular weight is 524 g/mol. The molecule has 4 heterocycles. The maximum atomic E-state index is 15.9. The van der Waals surface area contributed by atoms with Gasteiger partial charge in [-0.25, -0.2) is 9.37 Å². The number of aryl methyl sites for hydroxylation is 2. The fourth-order valence-electron chi connectivity index (χ4n) is 6.44. The number of hydrogen-bond acceptors (Lipinski definition) is 5. The third-order valence-corrected chi connectivity index (χ3v) is 9.32. The standard InChI is InChI=1S/C32H46FN3O2/c1-31(2,37-4)29-19-28-24(9-7-10-25(28)22-38-29)20-36-18-15-26(21-36)32(3,33)16-6-5-12-27-14-13-23-11-8-17-34-30(23)35-27/h7,9-10,13-14,26,29H,5-6,8,11-12,15-22H2,1-4H3,(H,34,35)/t26-,29+,32-/m1/s1. The van der Waals surface area contributed by atoms with Crippen molar-refractivity contribution in [3.8, 4) is 0 Å². The largest absolute Gasteiger partial charge is 0.376 e. The molecule has 1 N–H and O–H groups in total. The summed E-state index contributed by atoms with van der Waals surface area (Å²) >= 11 is 0. The molecule has 0 saturated carbocycles. The smallest absolute Gasteiger partial charge is 0.129 e. The van der Waals surface area contributed by atoms with Gasteiger partial charge in [-0.15, -0.1) is 0 Å². The molecule has 1 saturated heterocycles. The van der Waals surface area contributed by atoms with Crippen molar-refractivity contribution in [3.63, 3.8) is 0 Å². The van der Waals surface area contributed by atoms with Crippen LogP contribution in [0.1, 0.15) is 80.8 Å². The van der Waals surface area contributed by atoms with Crippen LogP contribution in [-0.4, -0.2) is 54.0 Å². The van der Waals surface area contributed by atoms with Crippen LogP contribution in [0.25, 0.3) is 0 Å². The number of nitrogens with one attached hydrogen (secondary N) is 1. The number of benzene rings is 1. The summed E-state index contributed by atoms with van der Waals surface area (Å²) in [6.45, 7) is 10.3. The first-order chi connectivity index (χ1) is 18.2. The van der Waals surface area contributed by atoms with Crippen LogP contribution in [-0.2, 0) is 41.9 Å². The Morgan fingerprint density at radius 2 is 2.03 bits per heavy atom. The maximum absolute atomic E-state index is 15.9. The highest BCUT2D eigenvalue weighted by Crippen LogP contribution is 2.37. The van der Waals surface area contributed by atoms with Crippen molar-refractivity contribution in [1.82, 2.24) is 9.88 Å². The summed E-state index contributed by atoms with van der Waals surface area (Å²) in [4.78, 5) is 7.25. The molecular weight excluding hydrogens is 477 g/mol. The van der Waals surface area contributed by atoms with Crippen molar-refractivity contribution in [1.29, 1.82) is 0 Å². The Morgan fingerprint density at radius 1 is 1.16 bits per heavy atom. The SMILES string of the molecule is COC(C)(C)[C@@H]1Cc2c(cccc2CN2CC[C@@H]([C@](C)(F)CCCCc3ccc4c(n3)NCCC4)C2)CO1. The van der Waals surface area contributed by atoms with Gasteiger partial charge < -0.3 is 14.8 Å². The summed E-state index contributed by atoms with van der Waals surface area (Å²) in [5.74, 6) is 1.15. The third-order valence-electron chi connectivity index (χ3n) is 9.32. The minimum absolute atomic E-state index is 0.0365. The summed E-state index contributed by atoms with van der Waals surface area (Å²) in [5, 5.41) is 3.42. The second-order valence-electron chi connectivity index (χ2n) is 12.4. The second kappa shape index (κ2) is 11.6. The summed E-state index contributed by atoms with van der Waals surface area (Å²) in [6.07, 6.45) is 7.56. The quantitative estimate of drug-likeness (QED) is 0.372. The van der Waals surface area contributed by atoms with E-state index >= 15 is 4.39 Å². The van der Waals surface area contributed by atoms with Crippen LogP contribution < -0.4 is 5.32 Å². The predicted octanol–water partition coefficient (Wildman–Crippen LogP) is 6.27. The summed E-state index contributed by atoms with van der Waals surface area (Å²) in [5.41, 5.74) is 5.02. The van der Waals surface area contributed by atoms with Crippen molar-refractivity contribution >= 4 is 5.82 Å². The van der Waals surface area contributed by atoms with Gasteiger partial charge in [0.15, 0.2) is 0 Å². The number of methoxy groups -OCH3 is 1. The number of aromatic nitrogens is 1. The van der Waals surface area contributed by atoms with Crippen LogP contribution in [0.3, 0.4) is 0 Å². The van der Waals surface area contributed by atoms with Crippen LogP contribution in [0, 0.1) is 5.92 Å². The summed E-state index contributed by atoms with van der Waals surface area (Å²) < 4.78 is 27.7. The molecule has 3 aliphatic rings. The molecule has 0 spiro atoms. The molecule has 0 amide bonds. The molecular formula is C32H46FN3O2. The van der Waals surface area contributed by atoms with E-state index in [1.165, 1.54) is 28.7 Å². The lowest BCUT2D eigenvalue weighted by Crippen LogP contribution is -2.43. The van der Waals surface area contributed by atoms with Gasteiger partial charge in [0, 0.05) is 44.8 Å². The molecule has 1 aromatic heterocycles. The van der Waals surface area contributed by atoms with E-state index in [-0.39, 0.29) is 17.6 Å². The molecule has 208 valence electrons. The van der Waals surface area contributed by atoms with Crippen molar-refractivity contribution in [2.45, 2.75) is 103 Å². The number of unbranched alkanes of at least 4 members (excludes halogenated alkanes) is 1. The second-order valence-corrected chi connectivity index (χ2v) is 12.4. The zero-order chi connectivity index (χ0) is 26.8. The lowest BCUT2D eigenvalue weighted by molar-refractivity contribution is -0.120. The Kier molecular flexibility index (Phi) is 8.42. The van der Waals surface area contributed by atoms with Gasteiger partial charge in [-0.2, -0.15) is 0 Å².